The molecule has 0 spiro atoms. The van der Waals surface area contributed by atoms with Crippen LogP contribution in [0.25, 0.3) is 0 Å². The predicted molar refractivity (Wildman–Crippen MR) is 64.5 cm³/mol. The first kappa shape index (κ1) is 10.4. The van der Waals surface area contributed by atoms with Gasteiger partial charge in [0, 0.05) is 11.6 Å². The van der Waals surface area contributed by atoms with Crippen molar-refractivity contribution in [3.63, 3.8) is 0 Å². The Kier molecular flexibility index (Phi) is 3.20. The fourth-order valence-electron chi connectivity index (χ4n) is 2.13. The van der Waals surface area contributed by atoms with Crippen molar-refractivity contribution in [3.05, 3.63) is 35.9 Å². The molecule has 0 bridgehead atoms. The molecule has 2 rings (SSSR count). The summed E-state index contributed by atoms with van der Waals surface area (Å²) in [6.07, 6.45) is 5.06. The van der Waals surface area contributed by atoms with Crippen LogP contribution in [-0.2, 0) is 0 Å². The third-order valence-corrected chi connectivity index (χ3v) is 3.56. The van der Waals surface area contributed by atoms with Crippen LogP contribution in [-0.4, -0.2) is 5.71 Å². The van der Waals surface area contributed by atoms with E-state index < -0.39 is 0 Å². The topological polar surface area (TPSA) is 23.9 Å². The molecular formula is C14H19N. The standard InChI is InChI=1S/C14H19N/c1-11(13-8-3-2-4-9-13)14(15)10-12-6-5-7-12/h2-4,8-9,11-12,15H,5-7,10H2,1H3/t11-/m1/s1. The highest BCUT2D eigenvalue weighted by molar-refractivity contribution is 5.88. The lowest BCUT2D eigenvalue weighted by molar-refractivity contribution is 0.325. The third-order valence-electron chi connectivity index (χ3n) is 3.56. The number of nitrogens with one attached hydrogen (secondary N) is 1. The largest absolute Gasteiger partial charge is 0.309 e. The zero-order chi connectivity index (χ0) is 10.7. The zero-order valence-corrected chi connectivity index (χ0v) is 9.37. The molecule has 0 aliphatic heterocycles. The van der Waals surface area contributed by atoms with Crippen LogP contribution < -0.4 is 0 Å². The summed E-state index contributed by atoms with van der Waals surface area (Å²) >= 11 is 0. The molecule has 1 heteroatoms. The smallest absolute Gasteiger partial charge is 0.0188 e. The van der Waals surface area contributed by atoms with Crippen LogP contribution in [0.15, 0.2) is 30.3 Å². The van der Waals surface area contributed by atoms with Gasteiger partial charge in [0.1, 0.15) is 0 Å². The molecular weight excluding hydrogens is 182 g/mol. The van der Waals surface area contributed by atoms with Crippen molar-refractivity contribution < 1.29 is 0 Å². The summed E-state index contributed by atoms with van der Waals surface area (Å²) in [5.41, 5.74) is 2.19. The van der Waals surface area contributed by atoms with Crippen LogP contribution in [0.3, 0.4) is 0 Å². The third kappa shape index (κ3) is 2.47. The summed E-state index contributed by atoms with van der Waals surface area (Å²) < 4.78 is 0. The van der Waals surface area contributed by atoms with Gasteiger partial charge in [0.25, 0.3) is 0 Å². The second-order valence-corrected chi connectivity index (χ2v) is 4.66. The van der Waals surface area contributed by atoms with Crippen LogP contribution >= 0.6 is 0 Å². The first-order chi connectivity index (χ1) is 7.27. The predicted octanol–water partition coefficient (Wildman–Crippen LogP) is 4.00. The maximum absolute atomic E-state index is 8.10. The van der Waals surface area contributed by atoms with Crippen LogP contribution in [0, 0.1) is 11.3 Å². The Labute approximate surface area is 92.0 Å². The fourth-order valence-corrected chi connectivity index (χ4v) is 2.13. The van der Waals surface area contributed by atoms with Gasteiger partial charge in [0.2, 0.25) is 0 Å². The monoisotopic (exact) mass is 201 g/mol. The van der Waals surface area contributed by atoms with Gasteiger partial charge >= 0.3 is 0 Å². The lowest BCUT2D eigenvalue weighted by atomic mass is 9.79. The Morgan fingerprint density at radius 3 is 2.53 bits per heavy atom. The molecule has 0 unspecified atom stereocenters. The SMILES string of the molecule is C[C@@H](C(=N)CC1CCC1)c1ccccc1. The molecule has 15 heavy (non-hydrogen) atoms. The first-order valence-electron chi connectivity index (χ1n) is 5.89. The van der Waals surface area contributed by atoms with Crippen LogP contribution in [0.5, 0.6) is 0 Å². The summed E-state index contributed by atoms with van der Waals surface area (Å²) in [6.45, 7) is 2.15. The molecule has 1 saturated carbocycles. The summed E-state index contributed by atoms with van der Waals surface area (Å²) in [6, 6.07) is 10.4. The van der Waals surface area contributed by atoms with Gasteiger partial charge in [-0.15, -0.1) is 0 Å². The Bertz CT molecular complexity index is 324. The second kappa shape index (κ2) is 4.61. The normalized spacial score (nSPS) is 18.2. The molecule has 1 aliphatic carbocycles. The number of rotatable bonds is 4. The molecule has 1 aliphatic rings. The Hall–Kier alpha value is -1.11. The molecule has 0 amide bonds. The maximum atomic E-state index is 8.10. The lowest BCUT2D eigenvalue weighted by Gasteiger charge is -2.27. The van der Waals surface area contributed by atoms with E-state index in [2.05, 4.69) is 31.2 Å². The van der Waals surface area contributed by atoms with E-state index in [9.17, 15) is 0 Å². The van der Waals surface area contributed by atoms with Crippen molar-refractivity contribution in [1.82, 2.24) is 0 Å². The molecule has 0 saturated heterocycles. The van der Waals surface area contributed by atoms with E-state index in [1.807, 2.05) is 6.07 Å². The molecule has 1 atom stereocenters. The van der Waals surface area contributed by atoms with Crippen LogP contribution in [0.2, 0.25) is 0 Å². The molecule has 1 fully saturated rings. The van der Waals surface area contributed by atoms with E-state index in [0.717, 1.165) is 18.1 Å². The summed E-state index contributed by atoms with van der Waals surface area (Å²) in [5.74, 6) is 1.11. The molecule has 1 nitrogen and oxygen atoms in total. The van der Waals surface area contributed by atoms with Crippen molar-refractivity contribution in [3.8, 4) is 0 Å². The van der Waals surface area contributed by atoms with Crippen molar-refractivity contribution in [2.75, 3.05) is 0 Å². The van der Waals surface area contributed by atoms with E-state index in [4.69, 9.17) is 5.41 Å². The minimum Gasteiger partial charge on any atom is -0.309 e. The van der Waals surface area contributed by atoms with Crippen molar-refractivity contribution in [2.45, 2.75) is 38.5 Å². The number of hydrogen-bond acceptors (Lipinski definition) is 1. The minimum atomic E-state index is 0.298. The van der Waals surface area contributed by atoms with Gasteiger partial charge in [0.05, 0.1) is 0 Å². The van der Waals surface area contributed by atoms with Crippen molar-refractivity contribution >= 4 is 5.71 Å². The molecule has 1 aromatic carbocycles. The quantitative estimate of drug-likeness (QED) is 0.712. The zero-order valence-electron chi connectivity index (χ0n) is 9.37. The molecule has 0 radical (unpaired) electrons. The summed E-state index contributed by atoms with van der Waals surface area (Å²) in [4.78, 5) is 0. The van der Waals surface area contributed by atoms with E-state index >= 15 is 0 Å². The highest BCUT2D eigenvalue weighted by Gasteiger charge is 2.21. The molecule has 80 valence electrons. The van der Waals surface area contributed by atoms with Gasteiger partial charge in [-0.1, -0.05) is 56.5 Å². The summed E-state index contributed by atoms with van der Waals surface area (Å²) in [5, 5.41) is 8.10. The fraction of sp³-hybridized carbons (Fsp3) is 0.500. The number of benzene rings is 1. The minimum absolute atomic E-state index is 0.298. The highest BCUT2D eigenvalue weighted by atomic mass is 14.5. The molecule has 0 heterocycles. The van der Waals surface area contributed by atoms with Gasteiger partial charge < -0.3 is 5.41 Å². The van der Waals surface area contributed by atoms with Crippen LogP contribution in [0.4, 0.5) is 0 Å². The van der Waals surface area contributed by atoms with Crippen molar-refractivity contribution in [1.29, 1.82) is 5.41 Å². The Balaban J connectivity index is 1.94. The van der Waals surface area contributed by atoms with Crippen LogP contribution in [0.1, 0.15) is 44.1 Å². The van der Waals surface area contributed by atoms with Gasteiger partial charge in [-0.2, -0.15) is 0 Å². The van der Waals surface area contributed by atoms with Gasteiger partial charge in [0.15, 0.2) is 0 Å². The lowest BCUT2D eigenvalue weighted by Crippen LogP contribution is -2.18. The first-order valence-corrected chi connectivity index (χ1v) is 5.89. The number of hydrogen-bond donors (Lipinski definition) is 1. The van der Waals surface area contributed by atoms with Gasteiger partial charge in [-0.05, 0) is 17.9 Å². The van der Waals surface area contributed by atoms with E-state index in [1.165, 1.54) is 24.8 Å². The molecule has 1 N–H and O–H groups in total. The van der Waals surface area contributed by atoms with E-state index in [0.29, 0.717) is 5.92 Å². The molecule has 1 aromatic rings. The summed E-state index contributed by atoms with van der Waals surface area (Å²) in [7, 11) is 0. The second-order valence-electron chi connectivity index (χ2n) is 4.66. The average molecular weight is 201 g/mol. The molecule has 0 aromatic heterocycles. The highest BCUT2D eigenvalue weighted by Crippen LogP contribution is 2.32. The van der Waals surface area contributed by atoms with E-state index in [1.54, 1.807) is 0 Å². The maximum Gasteiger partial charge on any atom is 0.0188 e. The van der Waals surface area contributed by atoms with Gasteiger partial charge in [-0.25, -0.2) is 0 Å². The Morgan fingerprint density at radius 1 is 1.33 bits per heavy atom. The van der Waals surface area contributed by atoms with Gasteiger partial charge in [-0.3, -0.25) is 0 Å². The van der Waals surface area contributed by atoms with E-state index in [-0.39, 0.29) is 0 Å². The average Bonchev–Trinajstić information content (AvgIpc) is 2.23. The Morgan fingerprint density at radius 2 is 2.00 bits per heavy atom. The van der Waals surface area contributed by atoms with Crippen molar-refractivity contribution in [2.24, 2.45) is 5.92 Å².